The number of aldehydes is 1. The fourth-order valence-corrected chi connectivity index (χ4v) is 4.07. The molecule has 10 nitrogen and oxygen atoms in total. The van der Waals surface area contributed by atoms with Crippen LogP contribution in [0.25, 0.3) is 0 Å². The molecule has 180 valence electrons. The zero-order chi connectivity index (χ0) is 24.4. The van der Waals surface area contributed by atoms with Crippen LogP contribution in [-0.2, 0) is 4.74 Å². The first-order valence-corrected chi connectivity index (χ1v) is 10.9. The van der Waals surface area contributed by atoms with Crippen LogP contribution in [0.15, 0.2) is 12.1 Å². The lowest BCUT2D eigenvalue weighted by atomic mass is 10.0. The highest BCUT2D eigenvalue weighted by molar-refractivity contribution is 6.04. The van der Waals surface area contributed by atoms with Crippen LogP contribution in [0.3, 0.4) is 0 Å². The third-order valence-electron chi connectivity index (χ3n) is 5.93. The van der Waals surface area contributed by atoms with E-state index in [9.17, 15) is 19.5 Å². The second kappa shape index (κ2) is 9.70. The van der Waals surface area contributed by atoms with Crippen LogP contribution in [0.1, 0.15) is 42.2 Å². The number of ether oxygens (including phenoxy) is 4. The van der Waals surface area contributed by atoms with E-state index in [0.717, 1.165) is 13.1 Å². The lowest BCUT2D eigenvalue weighted by Gasteiger charge is -2.26. The SMILES string of the molecule is COc1cc(C(=O)NCCN2CCOCC2)c2c(c1C)OC(=O)c1c(C)cc(O)c(C=O)c1O2. The average molecular weight is 470 g/mol. The number of hydrogen-bond donors (Lipinski definition) is 2. The summed E-state index contributed by atoms with van der Waals surface area (Å²) in [7, 11) is 1.44. The van der Waals surface area contributed by atoms with Crippen LogP contribution in [0.2, 0.25) is 0 Å². The standard InChI is InChI=1S/C24H26N2O8/c1-13-10-17(28)16(12-27)21-19(13)24(30)34-20-14(2)18(31-3)11-15(22(20)33-21)23(29)25-4-5-26-6-8-32-9-7-26/h10-12,28H,4-9H2,1-3H3,(H,25,29). The largest absolute Gasteiger partial charge is 0.507 e. The number of methoxy groups -OCH3 is 1. The van der Waals surface area contributed by atoms with E-state index in [1.165, 1.54) is 19.2 Å². The van der Waals surface area contributed by atoms with Gasteiger partial charge in [-0.3, -0.25) is 14.5 Å². The Morgan fingerprint density at radius 3 is 2.59 bits per heavy atom. The predicted octanol–water partition coefficient (Wildman–Crippen LogP) is 2.22. The van der Waals surface area contributed by atoms with Crippen molar-refractivity contribution in [1.29, 1.82) is 0 Å². The van der Waals surface area contributed by atoms with Gasteiger partial charge in [-0.25, -0.2) is 4.79 Å². The van der Waals surface area contributed by atoms with Crippen molar-refractivity contribution in [2.45, 2.75) is 13.8 Å². The Kier molecular flexibility index (Phi) is 6.71. The average Bonchev–Trinajstić information content (AvgIpc) is 2.97. The number of phenols is 1. The van der Waals surface area contributed by atoms with E-state index in [0.29, 0.717) is 49.5 Å². The van der Waals surface area contributed by atoms with Gasteiger partial charge in [-0.2, -0.15) is 0 Å². The number of benzene rings is 2. The molecule has 1 saturated heterocycles. The summed E-state index contributed by atoms with van der Waals surface area (Å²) in [5.74, 6) is -1.45. The molecule has 0 aliphatic carbocycles. The minimum atomic E-state index is -0.774. The normalized spacial score (nSPS) is 15.3. The number of fused-ring (bicyclic) bond motifs is 2. The summed E-state index contributed by atoms with van der Waals surface area (Å²) < 4.78 is 22.4. The lowest BCUT2D eigenvalue weighted by molar-refractivity contribution is 0.0383. The first-order valence-electron chi connectivity index (χ1n) is 10.9. The van der Waals surface area contributed by atoms with Crippen molar-refractivity contribution in [1.82, 2.24) is 10.2 Å². The highest BCUT2D eigenvalue weighted by Gasteiger charge is 2.34. The number of phenolic OH excluding ortho intramolecular Hbond substituents is 1. The number of nitrogens with zero attached hydrogens (tertiary/aromatic N) is 1. The number of aryl methyl sites for hydroxylation is 1. The molecule has 0 saturated carbocycles. The summed E-state index contributed by atoms with van der Waals surface area (Å²) in [6, 6.07) is 2.78. The Balaban J connectivity index is 1.73. The van der Waals surface area contributed by atoms with Crippen LogP contribution in [-0.4, -0.2) is 74.7 Å². The van der Waals surface area contributed by atoms with Gasteiger partial charge in [0.05, 0.1) is 31.5 Å². The van der Waals surface area contributed by atoms with E-state index in [4.69, 9.17) is 18.9 Å². The molecule has 0 aromatic heterocycles. The zero-order valence-corrected chi connectivity index (χ0v) is 19.2. The van der Waals surface area contributed by atoms with Gasteiger partial charge < -0.3 is 29.4 Å². The van der Waals surface area contributed by atoms with Gasteiger partial charge in [-0.15, -0.1) is 0 Å². The van der Waals surface area contributed by atoms with Gasteiger partial charge in [-0.05, 0) is 31.5 Å². The van der Waals surface area contributed by atoms with Crippen molar-refractivity contribution in [3.8, 4) is 28.7 Å². The second-order valence-electron chi connectivity index (χ2n) is 8.06. The first-order chi connectivity index (χ1) is 16.3. The van der Waals surface area contributed by atoms with Crippen LogP contribution in [0, 0.1) is 13.8 Å². The van der Waals surface area contributed by atoms with E-state index >= 15 is 0 Å². The van der Waals surface area contributed by atoms with Crippen LogP contribution in [0.4, 0.5) is 0 Å². The summed E-state index contributed by atoms with van der Waals surface area (Å²) in [5, 5.41) is 13.1. The molecule has 2 heterocycles. The van der Waals surface area contributed by atoms with Gasteiger partial charge in [0, 0.05) is 31.7 Å². The predicted molar refractivity (Wildman–Crippen MR) is 121 cm³/mol. The van der Waals surface area contributed by atoms with E-state index in [2.05, 4.69) is 10.2 Å². The quantitative estimate of drug-likeness (QED) is 0.371. The molecule has 2 aliphatic rings. The molecule has 2 aliphatic heterocycles. The molecule has 0 spiro atoms. The number of esters is 1. The maximum Gasteiger partial charge on any atom is 0.347 e. The topological polar surface area (TPSA) is 124 Å². The van der Waals surface area contributed by atoms with Gasteiger partial charge in [-0.1, -0.05) is 0 Å². The number of carbonyl (C=O) groups is 3. The summed E-state index contributed by atoms with van der Waals surface area (Å²) >= 11 is 0. The zero-order valence-electron chi connectivity index (χ0n) is 19.2. The Labute approximate surface area is 196 Å². The highest BCUT2D eigenvalue weighted by Crippen LogP contribution is 2.48. The first kappa shape index (κ1) is 23.5. The van der Waals surface area contributed by atoms with Crippen molar-refractivity contribution < 1.29 is 38.4 Å². The van der Waals surface area contributed by atoms with E-state index < -0.39 is 11.9 Å². The summed E-state index contributed by atoms with van der Waals surface area (Å²) in [6.45, 7) is 7.14. The molecular weight excluding hydrogens is 444 g/mol. The fourth-order valence-electron chi connectivity index (χ4n) is 4.07. The van der Waals surface area contributed by atoms with Crippen LogP contribution in [0.5, 0.6) is 28.7 Å². The molecule has 1 amide bonds. The molecule has 0 unspecified atom stereocenters. The minimum absolute atomic E-state index is 0.00635. The highest BCUT2D eigenvalue weighted by atomic mass is 16.6. The molecule has 0 bridgehead atoms. The maximum absolute atomic E-state index is 13.2. The molecule has 34 heavy (non-hydrogen) atoms. The van der Waals surface area contributed by atoms with Crippen molar-refractivity contribution in [2.24, 2.45) is 0 Å². The molecule has 1 fully saturated rings. The van der Waals surface area contributed by atoms with Crippen LogP contribution < -0.4 is 19.5 Å². The van der Waals surface area contributed by atoms with Crippen molar-refractivity contribution in [3.63, 3.8) is 0 Å². The Bertz CT molecular complexity index is 1150. The molecule has 10 heteroatoms. The fraction of sp³-hybridized carbons (Fsp3) is 0.375. The van der Waals surface area contributed by atoms with E-state index in [1.54, 1.807) is 13.8 Å². The number of rotatable bonds is 6. The van der Waals surface area contributed by atoms with E-state index in [-0.39, 0.29) is 39.7 Å². The Hall–Kier alpha value is -3.63. The molecule has 0 atom stereocenters. The van der Waals surface area contributed by atoms with Crippen molar-refractivity contribution in [2.75, 3.05) is 46.5 Å². The number of morpholine rings is 1. The van der Waals surface area contributed by atoms with Crippen molar-refractivity contribution in [3.05, 3.63) is 39.9 Å². The van der Waals surface area contributed by atoms with Crippen molar-refractivity contribution >= 4 is 18.2 Å². The summed E-state index contributed by atoms with van der Waals surface area (Å²) in [6.07, 6.45) is 0.393. The van der Waals surface area contributed by atoms with Gasteiger partial charge in [0.2, 0.25) is 0 Å². The molecule has 4 rings (SSSR count). The molecule has 0 radical (unpaired) electrons. The molecule has 2 aromatic rings. The summed E-state index contributed by atoms with van der Waals surface area (Å²) in [4.78, 5) is 40.1. The summed E-state index contributed by atoms with van der Waals surface area (Å²) in [5.41, 5.74) is 0.652. The van der Waals surface area contributed by atoms with Gasteiger partial charge in [0.25, 0.3) is 5.91 Å². The molecule has 2 N–H and O–H groups in total. The third-order valence-corrected chi connectivity index (χ3v) is 5.93. The number of carbonyl (C=O) groups excluding carboxylic acids is 3. The Morgan fingerprint density at radius 2 is 1.91 bits per heavy atom. The third kappa shape index (κ3) is 4.29. The molecule has 2 aromatic carbocycles. The van der Waals surface area contributed by atoms with E-state index in [1.807, 2.05) is 0 Å². The van der Waals surface area contributed by atoms with Gasteiger partial charge >= 0.3 is 5.97 Å². The lowest BCUT2D eigenvalue weighted by Crippen LogP contribution is -2.41. The monoisotopic (exact) mass is 470 g/mol. The number of nitrogens with one attached hydrogen (secondary N) is 1. The number of amides is 1. The number of hydrogen-bond acceptors (Lipinski definition) is 9. The Morgan fingerprint density at radius 1 is 1.18 bits per heavy atom. The smallest absolute Gasteiger partial charge is 0.347 e. The molecular formula is C24H26N2O8. The second-order valence-corrected chi connectivity index (χ2v) is 8.06. The maximum atomic E-state index is 13.2. The minimum Gasteiger partial charge on any atom is -0.507 e. The number of aromatic hydroxyl groups is 1. The van der Waals surface area contributed by atoms with Crippen LogP contribution >= 0.6 is 0 Å². The van der Waals surface area contributed by atoms with Gasteiger partial charge in [0.1, 0.15) is 17.1 Å². The van der Waals surface area contributed by atoms with Gasteiger partial charge in [0.15, 0.2) is 23.5 Å².